The molecule has 1 saturated carbocycles. The molecular formula is C22H26N2O4. The van der Waals surface area contributed by atoms with Crippen LogP contribution in [0.2, 0.25) is 0 Å². The minimum Gasteiger partial charge on any atom is -0.485 e. The summed E-state index contributed by atoms with van der Waals surface area (Å²) in [7, 11) is 0. The predicted molar refractivity (Wildman–Crippen MR) is 105 cm³/mol. The van der Waals surface area contributed by atoms with Crippen LogP contribution in [0, 0.1) is 0 Å². The molecule has 1 aliphatic heterocycles. The van der Waals surface area contributed by atoms with Crippen LogP contribution in [0.4, 0.5) is 4.79 Å². The lowest BCUT2D eigenvalue weighted by molar-refractivity contribution is -0.0794. The van der Waals surface area contributed by atoms with E-state index in [0.717, 1.165) is 35.3 Å². The Morgan fingerprint density at radius 1 is 1.18 bits per heavy atom. The smallest absolute Gasteiger partial charge is 0.408 e. The van der Waals surface area contributed by atoms with E-state index in [2.05, 4.69) is 10.3 Å². The molecule has 148 valence electrons. The molecule has 28 heavy (non-hydrogen) atoms. The van der Waals surface area contributed by atoms with Crippen LogP contribution >= 0.6 is 0 Å². The number of para-hydroxylation sites is 1. The summed E-state index contributed by atoms with van der Waals surface area (Å²) in [6.45, 7) is 6.81. The predicted octanol–water partition coefficient (Wildman–Crippen LogP) is 4.04. The Morgan fingerprint density at radius 3 is 2.57 bits per heavy atom. The van der Waals surface area contributed by atoms with Gasteiger partial charge in [0.05, 0.1) is 18.8 Å². The first-order valence-corrected chi connectivity index (χ1v) is 9.66. The number of carbonyl (C=O) groups is 1. The van der Waals surface area contributed by atoms with Gasteiger partial charge in [0.1, 0.15) is 17.5 Å². The van der Waals surface area contributed by atoms with Gasteiger partial charge in [-0.2, -0.15) is 0 Å². The number of benzene rings is 1. The third-order valence-corrected chi connectivity index (χ3v) is 4.91. The van der Waals surface area contributed by atoms with Gasteiger partial charge in [-0.15, -0.1) is 0 Å². The topological polar surface area (TPSA) is 69.7 Å². The number of nitrogens with zero attached hydrogens (tertiary/aromatic N) is 1. The summed E-state index contributed by atoms with van der Waals surface area (Å²) >= 11 is 0. The van der Waals surface area contributed by atoms with Gasteiger partial charge >= 0.3 is 6.09 Å². The number of nitrogens with one attached hydrogen (secondary N) is 1. The number of alkyl carbamates (subject to hydrolysis) is 1. The maximum Gasteiger partial charge on any atom is 0.408 e. The minimum atomic E-state index is -0.538. The van der Waals surface area contributed by atoms with Gasteiger partial charge in [0, 0.05) is 23.5 Å². The van der Waals surface area contributed by atoms with Crippen LogP contribution < -0.4 is 10.1 Å². The zero-order valence-corrected chi connectivity index (χ0v) is 16.5. The maximum absolute atomic E-state index is 12.4. The first-order chi connectivity index (χ1) is 13.4. The molecule has 4 rings (SSSR count). The van der Waals surface area contributed by atoms with Crippen molar-refractivity contribution < 1.29 is 19.0 Å². The molecule has 1 aromatic carbocycles. The number of ether oxygens (including phenoxy) is 3. The van der Waals surface area contributed by atoms with Crippen molar-refractivity contribution in [3.05, 3.63) is 48.3 Å². The summed E-state index contributed by atoms with van der Waals surface area (Å²) in [6, 6.07) is 9.94. The highest BCUT2D eigenvalue weighted by molar-refractivity contribution is 5.77. The van der Waals surface area contributed by atoms with E-state index < -0.39 is 17.2 Å². The Kier molecular flexibility index (Phi) is 4.75. The lowest BCUT2D eigenvalue weighted by Gasteiger charge is -2.28. The largest absolute Gasteiger partial charge is 0.485 e. The minimum absolute atomic E-state index is 0.0845. The Labute approximate surface area is 165 Å². The molecule has 0 bridgehead atoms. The fraction of sp³-hybridized carbons (Fsp3) is 0.455. The second-order valence-electron chi connectivity index (χ2n) is 8.40. The number of amides is 1. The molecule has 1 aliphatic carbocycles. The molecule has 0 spiro atoms. The molecule has 0 atom stereocenters. The van der Waals surface area contributed by atoms with E-state index in [1.165, 1.54) is 0 Å². The summed E-state index contributed by atoms with van der Waals surface area (Å²) in [5.74, 6) is 0.816. The number of rotatable bonds is 5. The number of aromatic nitrogens is 1. The number of carbonyl (C=O) groups excluding carboxylic acids is 1. The van der Waals surface area contributed by atoms with E-state index in [1.807, 2.05) is 57.3 Å². The first-order valence-electron chi connectivity index (χ1n) is 9.66. The van der Waals surface area contributed by atoms with Crippen LogP contribution in [0.3, 0.4) is 0 Å². The number of hydrogen-bond donors (Lipinski definition) is 1. The third-order valence-electron chi connectivity index (χ3n) is 4.91. The molecule has 0 unspecified atom stereocenters. The van der Waals surface area contributed by atoms with E-state index in [0.29, 0.717) is 13.2 Å². The quantitative estimate of drug-likeness (QED) is 0.845. The average Bonchev–Trinajstić information content (AvgIpc) is 3.37. The van der Waals surface area contributed by atoms with E-state index in [-0.39, 0.29) is 6.10 Å². The first kappa shape index (κ1) is 18.7. The molecule has 1 N–H and O–H groups in total. The van der Waals surface area contributed by atoms with Crippen molar-refractivity contribution in [3.63, 3.8) is 0 Å². The molecule has 6 heteroatoms. The van der Waals surface area contributed by atoms with Crippen molar-refractivity contribution in [2.75, 3.05) is 13.2 Å². The van der Waals surface area contributed by atoms with Crippen LogP contribution in [0.1, 0.15) is 39.2 Å². The van der Waals surface area contributed by atoms with E-state index >= 15 is 0 Å². The average molecular weight is 382 g/mol. The lowest BCUT2D eigenvalue weighted by atomic mass is 9.94. The fourth-order valence-corrected chi connectivity index (χ4v) is 3.35. The van der Waals surface area contributed by atoms with Gasteiger partial charge in [-0.1, -0.05) is 18.2 Å². The SMILES string of the molecule is CC(C)(C)OC(=O)NC1(c2cnccc2-c2ccccc2OC2COC2)CC1. The second kappa shape index (κ2) is 7.09. The van der Waals surface area contributed by atoms with E-state index in [1.54, 1.807) is 6.20 Å². The summed E-state index contributed by atoms with van der Waals surface area (Å²) in [4.78, 5) is 16.7. The van der Waals surface area contributed by atoms with E-state index in [9.17, 15) is 4.79 Å². The summed E-state index contributed by atoms with van der Waals surface area (Å²) < 4.78 is 16.8. The Hall–Kier alpha value is -2.60. The van der Waals surface area contributed by atoms with Gasteiger partial charge in [-0.05, 0) is 51.3 Å². The molecule has 2 aliphatic rings. The maximum atomic E-state index is 12.4. The van der Waals surface area contributed by atoms with Crippen LogP contribution in [0.25, 0.3) is 11.1 Å². The van der Waals surface area contributed by atoms with Gasteiger partial charge in [0.25, 0.3) is 0 Å². The van der Waals surface area contributed by atoms with Crippen molar-refractivity contribution in [1.29, 1.82) is 0 Å². The molecule has 2 aromatic rings. The molecule has 1 amide bonds. The molecule has 6 nitrogen and oxygen atoms in total. The Balaban J connectivity index is 1.64. The Bertz CT molecular complexity index is 867. The summed E-state index contributed by atoms with van der Waals surface area (Å²) in [5, 5.41) is 3.07. The fourth-order valence-electron chi connectivity index (χ4n) is 3.35. The second-order valence-corrected chi connectivity index (χ2v) is 8.40. The zero-order chi connectivity index (χ0) is 19.8. The summed E-state index contributed by atoms with van der Waals surface area (Å²) in [6.07, 6.45) is 4.99. The number of hydrogen-bond acceptors (Lipinski definition) is 5. The van der Waals surface area contributed by atoms with Crippen molar-refractivity contribution >= 4 is 6.09 Å². The molecule has 1 aromatic heterocycles. The molecule has 2 fully saturated rings. The highest BCUT2D eigenvalue weighted by Crippen LogP contribution is 2.49. The van der Waals surface area contributed by atoms with Crippen molar-refractivity contribution in [2.45, 2.75) is 50.9 Å². The van der Waals surface area contributed by atoms with Gasteiger partial charge in [-0.25, -0.2) is 4.79 Å². The van der Waals surface area contributed by atoms with Gasteiger partial charge in [-0.3, -0.25) is 4.98 Å². The standard InChI is InChI=1S/C22H26N2O4/c1-21(2,3)28-20(25)24-22(9-10-22)18-12-23-11-8-16(18)17-6-4-5-7-19(17)27-15-13-26-14-15/h4-8,11-12,15H,9-10,13-14H2,1-3H3,(H,24,25). The highest BCUT2D eigenvalue weighted by atomic mass is 16.6. The van der Waals surface area contributed by atoms with Crippen molar-refractivity contribution in [1.82, 2.24) is 10.3 Å². The lowest BCUT2D eigenvalue weighted by Crippen LogP contribution is -2.39. The normalized spacial score (nSPS) is 18.1. The number of pyridine rings is 1. The monoisotopic (exact) mass is 382 g/mol. The molecule has 1 saturated heterocycles. The Morgan fingerprint density at radius 2 is 1.93 bits per heavy atom. The van der Waals surface area contributed by atoms with Crippen molar-refractivity contribution in [3.8, 4) is 16.9 Å². The van der Waals surface area contributed by atoms with Gasteiger partial charge < -0.3 is 19.5 Å². The van der Waals surface area contributed by atoms with Gasteiger partial charge in [0.15, 0.2) is 0 Å². The molecule has 0 radical (unpaired) electrons. The third kappa shape index (κ3) is 3.97. The summed E-state index contributed by atoms with van der Waals surface area (Å²) in [5.41, 5.74) is 2.01. The van der Waals surface area contributed by atoms with Crippen LogP contribution in [0.15, 0.2) is 42.7 Å². The van der Waals surface area contributed by atoms with Crippen molar-refractivity contribution in [2.24, 2.45) is 0 Å². The van der Waals surface area contributed by atoms with Crippen LogP contribution in [-0.4, -0.2) is 36.0 Å². The van der Waals surface area contributed by atoms with Gasteiger partial charge in [0.2, 0.25) is 0 Å². The molecular weight excluding hydrogens is 356 g/mol. The van der Waals surface area contributed by atoms with E-state index in [4.69, 9.17) is 14.2 Å². The highest BCUT2D eigenvalue weighted by Gasteiger charge is 2.48. The van der Waals surface area contributed by atoms with Crippen LogP contribution in [-0.2, 0) is 15.0 Å². The van der Waals surface area contributed by atoms with Crippen LogP contribution in [0.5, 0.6) is 5.75 Å². The molecule has 2 heterocycles. The zero-order valence-electron chi connectivity index (χ0n) is 16.5.